The third-order valence-corrected chi connectivity index (χ3v) is 1.65. The molecule has 1 atom stereocenters. The molecule has 0 amide bonds. The minimum absolute atomic E-state index is 0.375. The van der Waals surface area contributed by atoms with E-state index < -0.39 is 18.2 Å². The third kappa shape index (κ3) is 2.41. The van der Waals surface area contributed by atoms with Crippen molar-refractivity contribution in [3.05, 3.63) is 29.8 Å². The van der Waals surface area contributed by atoms with Gasteiger partial charge in [0.1, 0.15) is 6.04 Å². The Morgan fingerprint density at radius 3 is 2.43 bits per heavy atom. The normalized spacial score (nSPS) is 14.1. The van der Waals surface area contributed by atoms with Crippen molar-refractivity contribution in [3.8, 4) is 0 Å². The zero-order valence-corrected chi connectivity index (χ0v) is 7.27. The standard InChI is InChI=1S/C8H8F4N2/c1-13-7(8(10,11)12)5-3-2-4-6(9)14-5/h2-4,7,13H,1H3. The topological polar surface area (TPSA) is 24.9 Å². The molecular formula is C8H8F4N2. The number of pyridine rings is 1. The molecule has 0 saturated carbocycles. The average Bonchev–Trinajstić information content (AvgIpc) is 2.02. The van der Waals surface area contributed by atoms with Crippen molar-refractivity contribution in [2.45, 2.75) is 12.2 Å². The Kier molecular flexibility index (Phi) is 3.05. The molecule has 6 heteroatoms. The highest BCUT2D eigenvalue weighted by atomic mass is 19.4. The highest BCUT2D eigenvalue weighted by molar-refractivity contribution is 5.11. The van der Waals surface area contributed by atoms with E-state index in [1.807, 2.05) is 5.32 Å². The maximum absolute atomic E-state index is 12.5. The molecule has 0 aliphatic rings. The van der Waals surface area contributed by atoms with Crippen LogP contribution in [0.25, 0.3) is 0 Å². The second-order valence-corrected chi connectivity index (χ2v) is 2.65. The summed E-state index contributed by atoms with van der Waals surface area (Å²) in [5, 5.41) is 2.03. The predicted molar refractivity (Wildman–Crippen MR) is 42.1 cm³/mol. The van der Waals surface area contributed by atoms with Crippen LogP contribution in [0.2, 0.25) is 0 Å². The summed E-state index contributed by atoms with van der Waals surface area (Å²) in [6.07, 6.45) is -4.48. The van der Waals surface area contributed by atoms with Crippen molar-refractivity contribution in [1.29, 1.82) is 0 Å². The van der Waals surface area contributed by atoms with Crippen molar-refractivity contribution in [1.82, 2.24) is 10.3 Å². The van der Waals surface area contributed by atoms with Crippen LogP contribution in [0.4, 0.5) is 17.6 Å². The second kappa shape index (κ2) is 3.91. The molecule has 1 aromatic heterocycles. The maximum Gasteiger partial charge on any atom is 0.409 e. The molecule has 0 radical (unpaired) electrons. The SMILES string of the molecule is CNC(c1cccc(F)n1)C(F)(F)F. The highest BCUT2D eigenvalue weighted by Gasteiger charge is 2.40. The second-order valence-electron chi connectivity index (χ2n) is 2.65. The molecule has 2 nitrogen and oxygen atoms in total. The third-order valence-electron chi connectivity index (χ3n) is 1.65. The van der Waals surface area contributed by atoms with Gasteiger partial charge in [-0.3, -0.25) is 0 Å². The quantitative estimate of drug-likeness (QED) is 0.594. The van der Waals surface area contributed by atoms with Crippen LogP contribution in [0.15, 0.2) is 18.2 Å². The zero-order chi connectivity index (χ0) is 10.8. The first-order chi connectivity index (χ1) is 6.45. The Hall–Kier alpha value is -1.17. The van der Waals surface area contributed by atoms with Crippen molar-refractivity contribution >= 4 is 0 Å². The number of hydrogen-bond acceptors (Lipinski definition) is 2. The summed E-state index contributed by atoms with van der Waals surface area (Å²) in [6.45, 7) is 0. The fourth-order valence-corrected chi connectivity index (χ4v) is 1.06. The van der Waals surface area contributed by atoms with E-state index >= 15 is 0 Å². The van der Waals surface area contributed by atoms with E-state index in [2.05, 4.69) is 4.98 Å². The minimum Gasteiger partial charge on any atom is -0.304 e. The number of aromatic nitrogens is 1. The van der Waals surface area contributed by atoms with Crippen molar-refractivity contribution in [2.75, 3.05) is 7.05 Å². The predicted octanol–water partition coefficient (Wildman–Crippen LogP) is 2.04. The van der Waals surface area contributed by atoms with Crippen LogP contribution in [0.3, 0.4) is 0 Å². The van der Waals surface area contributed by atoms with E-state index in [0.29, 0.717) is 0 Å². The van der Waals surface area contributed by atoms with Crippen LogP contribution in [0.5, 0.6) is 0 Å². The van der Waals surface area contributed by atoms with Crippen LogP contribution in [-0.2, 0) is 0 Å². The summed E-state index contributed by atoms with van der Waals surface area (Å²) in [7, 11) is 1.14. The van der Waals surface area contributed by atoms with Gasteiger partial charge in [-0.05, 0) is 19.2 Å². The Morgan fingerprint density at radius 2 is 2.00 bits per heavy atom. The maximum atomic E-state index is 12.5. The van der Waals surface area contributed by atoms with Gasteiger partial charge in [0.2, 0.25) is 5.95 Å². The number of nitrogens with zero attached hydrogens (tertiary/aromatic N) is 1. The van der Waals surface area contributed by atoms with E-state index in [1.54, 1.807) is 0 Å². The van der Waals surface area contributed by atoms with Gasteiger partial charge in [-0.1, -0.05) is 6.07 Å². The first-order valence-corrected chi connectivity index (χ1v) is 3.81. The average molecular weight is 208 g/mol. The number of rotatable bonds is 2. The van der Waals surface area contributed by atoms with Gasteiger partial charge in [0.25, 0.3) is 0 Å². The van der Waals surface area contributed by atoms with Crippen LogP contribution < -0.4 is 5.32 Å². The first-order valence-electron chi connectivity index (χ1n) is 3.81. The van der Waals surface area contributed by atoms with E-state index in [1.165, 1.54) is 6.07 Å². The molecule has 14 heavy (non-hydrogen) atoms. The van der Waals surface area contributed by atoms with Crippen molar-refractivity contribution < 1.29 is 17.6 Å². The molecule has 0 spiro atoms. The monoisotopic (exact) mass is 208 g/mol. The lowest BCUT2D eigenvalue weighted by Gasteiger charge is -2.18. The molecule has 0 saturated heterocycles. The molecule has 0 aliphatic heterocycles. The van der Waals surface area contributed by atoms with Gasteiger partial charge in [-0.25, -0.2) is 4.98 Å². The Labute approximate surface area is 78.0 Å². The summed E-state index contributed by atoms with van der Waals surface area (Å²) in [4.78, 5) is 3.16. The number of nitrogens with one attached hydrogen (secondary N) is 1. The highest BCUT2D eigenvalue weighted by Crippen LogP contribution is 2.30. The fraction of sp³-hybridized carbons (Fsp3) is 0.375. The van der Waals surface area contributed by atoms with Crippen molar-refractivity contribution in [3.63, 3.8) is 0 Å². The zero-order valence-electron chi connectivity index (χ0n) is 7.27. The van der Waals surface area contributed by atoms with E-state index in [4.69, 9.17) is 0 Å². The summed E-state index contributed by atoms with van der Waals surface area (Å²) >= 11 is 0. The Bertz CT molecular complexity index is 310. The smallest absolute Gasteiger partial charge is 0.304 e. The van der Waals surface area contributed by atoms with E-state index in [9.17, 15) is 17.6 Å². The minimum atomic E-state index is -4.48. The van der Waals surface area contributed by atoms with Gasteiger partial charge in [0, 0.05) is 0 Å². The summed E-state index contributed by atoms with van der Waals surface area (Å²) < 4.78 is 49.5. The van der Waals surface area contributed by atoms with Crippen LogP contribution in [0.1, 0.15) is 11.7 Å². The van der Waals surface area contributed by atoms with E-state index in [0.717, 1.165) is 19.2 Å². The molecule has 1 aromatic rings. The molecule has 0 bridgehead atoms. The number of hydrogen-bond donors (Lipinski definition) is 1. The van der Waals surface area contributed by atoms with Gasteiger partial charge < -0.3 is 5.32 Å². The van der Waals surface area contributed by atoms with Gasteiger partial charge in [-0.15, -0.1) is 0 Å². The van der Waals surface area contributed by atoms with Crippen LogP contribution in [-0.4, -0.2) is 18.2 Å². The molecule has 0 aromatic carbocycles. The molecule has 1 N–H and O–H groups in total. The molecule has 0 fully saturated rings. The molecule has 0 aliphatic carbocycles. The lowest BCUT2D eigenvalue weighted by Crippen LogP contribution is -2.32. The van der Waals surface area contributed by atoms with Gasteiger partial charge in [-0.2, -0.15) is 17.6 Å². The molecule has 1 rings (SSSR count). The molecular weight excluding hydrogens is 200 g/mol. The van der Waals surface area contributed by atoms with Gasteiger partial charge >= 0.3 is 6.18 Å². The summed E-state index contributed by atoms with van der Waals surface area (Å²) in [5.41, 5.74) is -0.375. The van der Waals surface area contributed by atoms with Gasteiger partial charge in [0.15, 0.2) is 0 Å². The molecule has 1 unspecified atom stereocenters. The summed E-state index contributed by atoms with van der Waals surface area (Å²) in [6, 6.07) is 1.37. The lowest BCUT2D eigenvalue weighted by atomic mass is 10.2. The van der Waals surface area contributed by atoms with E-state index in [-0.39, 0.29) is 5.69 Å². The lowest BCUT2D eigenvalue weighted by molar-refractivity contribution is -0.157. The molecule has 78 valence electrons. The summed E-state index contributed by atoms with van der Waals surface area (Å²) in [5.74, 6) is -0.924. The van der Waals surface area contributed by atoms with Crippen LogP contribution in [0, 0.1) is 5.95 Å². The Balaban J connectivity index is 3.01. The largest absolute Gasteiger partial charge is 0.409 e. The Morgan fingerprint density at radius 1 is 1.36 bits per heavy atom. The first kappa shape index (κ1) is 10.9. The van der Waals surface area contributed by atoms with Gasteiger partial charge in [0.05, 0.1) is 5.69 Å². The van der Waals surface area contributed by atoms with Crippen molar-refractivity contribution in [2.24, 2.45) is 0 Å². The molecule has 1 heterocycles. The fourth-order valence-electron chi connectivity index (χ4n) is 1.06. The number of alkyl halides is 3. The number of halogens is 4. The van der Waals surface area contributed by atoms with Crippen LogP contribution >= 0.6 is 0 Å².